The van der Waals surface area contributed by atoms with Crippen molar-refractivity contribution < 1.29 is 9.53 Å². The molecule has 0 saturated carbocycles. The summed E-state index contributed by atoms with van der Waals surface area (Å²) in [5.74, 6) is 0.966. The van der Waals surface area contributed by atoms with Crippen molar-refractivity contribution in [1.82, 2.24) is 24.1 Å². The van der Waals surface area contributed by atoms with Gasteiger partial charge in [0.25, 0.3) is 0 Å². The summed E-state index contributed by atoms with van der Waals surface area (Å²) in [6.07, 6.45) is 1.41. The molecule has 0 unspecified atom stereocenters. The molecule has 1 aromatic carbocycles. The second kappa shape index (κ2) is 9.07. The van der Waals surface area contributed by atoms with Crippen molar-refractivity contribution >= 4 is 33.1 Å². The number of hydrogen-bond donors (Lipinski definition) is 0. The number of nitrogens with zero attached hydrogens (tertiary/aromatic N) is 5. The van der Waals surface area contributed by atoms with Crippen LogP contribution in [0.4, 0.5) is 0 Å². The van der Waals surface area contributed by atoms with E-state index >= 15 is 0 Å². The Kier molecular flexibility index (Phi) is 5.99. The van der Waals surface area contributed by atoms with Gasteiger partial charge in [-0.05, 0) is 28.8 Å². The van der Waals surface area contributed by atoms with Crippen molar-refractivity contribution in [3.05, 3.63) is 63.1 Å². The maximum Gasteiger partial charge on any atom is 0.352 e. The van der Waals surface area contributed by atoms with E-state index in [1.165, 1.54) is 15.9 Å². The molecule has 0 bridgehead atoms. The summed E-state index contributed by atoms with van der Waals surface area (Å²) >= 11 is 1.50. The van der Waals surface area contributed by atoms with Crippen LogP contribution in [0.5, 0.6) is 0 Å². The van der Waals surface area contributed by atoms with E-state index in [2.05, 4.69) is 24.3 Å². The minimum absolute atomic E-state index is 0.0131. The Labute approximate surface area is 195 Å². The van der Waals surface area contributed by atoms with Crippen molar-refractivity contribution in [2.45, 2.75) is 33.2 Å². The zero-order valence-corrected chi connectivity index (χ0v) is 19.7. The van der Waals surface area contributed by atoms with Crippen LogP contribution < -0.4 is 5.69 Å². The summed E-state index contributed by atoms with van der Waals surface area (Å²) in [4.78, 5) is 33.8. The van der Waals surface area contributed by atoms with E-state index in [0.29, 0.717) is 50.1 Å². The molecule has 33 heavy (non-hydrogen) atoms. The topological polar surface area (TPSA) is 81.7 Å². The molecule has 1 amide bonds. The average Bonchev–Trinajstić information content (AvgIpc) is 3.41. The number of morpholine rings is 1. The highest BCUT2D eigenvalue weighted by Gasteiger charge is 2.23. The molecule has 172 valence electrons. The summed E-state index contributed by atoms with van der Waals surface area (Å²) < 4.78 is 8.30. The summed E-state index contributed by atoms with van der Waals surface area (Å²) in [6.45, 7) is 6.48. The Bertz CT molecular complexity index is 1350. The predicted octanol–water partition coefficient (Wildman–Crippen LogP) is 2.75. The molecule has 4 aromatic rings. The third-order valence-electron chi connectivity index (χ3n) is 5.87. The molecule has 3 aromatic heterocycles. The molecule has 0 spiro atoms. The molecule has 0 aliphatic carbocycles. The molecule has 1 aliphatic heterocycles. The van der Waals surface area contributed by atoms with E-state index in [4.69, 9.17) is 9.72 Å². The monoisotopic (exact) mass is 465 g/mol. The Morgan fingerprint density at radius 3 is 2.67 bits per heavy atom. The van der Waals surface area contributed by atoms with Crippen molar-refractivity contribution in [2.24, 2.45) is 5.92 Å². The summed E-state index contributed by atoms with van der Waals surface area (Å²) in [5.41, 5.74) is 2.47. The third-order valence-corrected chi connectivity index (χ3v) is 6.92. The average molecular weight is 466 g/mol. The number of benzene rings is 1. The SMILES string of the molecule is CC(C)Cc1csc2c1c1nc(Cc3ccccc3)nn1c(=O)n2CC(=O)N1CCOCC1. The second-order valence-corrected chi connectivity index (χ2v) is 9.68. The van der Waals surface area contributed by atoms with Gasteiger partial charge in [0, 0.05) is 19.5 Å². The number of hydrogen-bond acceptors (Lipinski definition) is 6. The first kappa shape index (κ1) is 21.8. The van der Waals surface area contributed by atoms with Gasteiger partial charge in [-0.3, -0.25) is 9.36 Å². The first-order chi connectivity index (χ1) is 16.0. The van der Waals surface area contributed by atoms with Gasteiger partial charge in [0.2, 0.25) is 5.91 Å². The fourth-order valence-corrected chi connectivity index (χ4v) is 5.38. The maximum atomic E-state index is 13.5. The first-order valence-corrected chi connectivity index (χ1v) is 12.2. The van der Waals surface area contributed by atoms with Crippen LogP contribution >= 0.6 is 11.3 Å². The molecule has 1 fully saturated rings. The highest BCUT2D eigenvalue weighted by molar-refractivity contribution is 7.17. The number of rotatable bonds is 6. The van der Waals surface area contributed by atoms with Crippen molar-refractivity contribution in [3.63, 3.8) is 0 Å². The van der Waals surface area contributed by atoms with Gasteiger partial charge >= 0.3 is 5.69 Å². The van der Waals surface area contributed by atoms with Gasteiger partial charge < -0.3 is 9.64 Å². The molecule has 0 atom stereocenters. The van der Waals surface area contributed by atoms with Gasteiger partial charge in [-0.15, -0.1) is 16.4 Å². The van der Waals surface area contributed by atoms with Crippen LogP contribution in [0, 0.1) is 5.92 Å². The lowest BCUT2D eigenvalue weighted by Gasteiger charge is -2.27. The first-order valence-electron chi connectivity index (χ1n) is 11.3. The highest BCUT2D eigenvalue weighted by Crippen LogP contribution is 2.30. The molecule has 1 aliphatic rings. The Balaban J connectivity index is 1.62. The lowest BCUT2D eigenvalue weighted by molar-refractivity contribution is -0.135. The van der Waals surface area contributed by atoms with Crippen LogP contribution in [0.15, 0.2) is 40.5 Å². The number of thiophene rings is 1. The third kappa shape index (κ3) is 4.30. The van der Waals surface area contributed by atoms with E-state index in [1.54, 1.807) is 9.47 Å². The molecule has 0 N–H and O–H groups in total. The molecule has 8 nitrogen and oxygen atoms in total. The zero-order chi connectivity index (χ0) is 22.9. The summed E-state index contributed by atoms with van der Waals surface area (Å²) in [5, 5.41) is 7.58. The van der Waals surface area contributed by atoms with E-state index < -0.39 is 0 Å². The van der Waals surface area contributed by atoms with Crippen LogP contribution in [-0.2, 0) is 28.9 Å². The number of amides is 1. The lowest BCUT2D eigenvalue weighted by Crippen LogP contribution is -2.44. The van der Waals surface area contributed by atoms with Crippen molar-refractivity contribution in [3.8, 4) is 0 Å². The van der Waals surface area contributed by atoms with Crippen LogP contribution in [0.2, 0.25) is 0 Å². The smallest absolute Gasteiger partial charge is 0.352 e. The fraction of sp³-hybridized carbons (Fsp3) is 0.417. The standard InChI is InChI=1S/C24H27N5O3S/c1-16(2)12-18-15-33-23-21(18)22-25-19(13-17-6-4-3-5-7-17)26-29(22)24(31)28(23)14-20(30)27-8-10-32-11-9-27/h3-7,15-16H,8-14H2,1-2H3. The number of ether oxygens (including phenoxy) is 1. The number of aromatic nitrogens is 4. The van der Waals surface area contributed by atoms with Gasteiger partial charge in [0.1, 0.15) is 11.4 Å². The number of carbonyl (C=O) groups is 1. The summed E-state index contributed by atoms with van der Waals surface area (Å²) in [6, 6.07) is 9.98. The largest absolute Gasteiger partial charge is 0.378 e. The molecular formula is C24H27N5O3S. The summed E-state index contributed by atoms with van der Waals surface area (Å²) in [7, 11) is 0. The Morgan fingerprint density at radius 2 is 1.94 bits per heavy atom. The van der Waals surface area contributed by atoms with Crippen LogP contribution in [0.3, 0.4) is 0 Å². The van der Waals surface area contributed by atoms with Gasteiger partial charge in [-0.25, -0.2) is 9.78 Å². The van der Waals surface area contributed by atoms with Crippen molar-refractivity contribution in [2.75, 3.05) is 26.3 Å². The van der Waals surface area contributed by atoms with Gasteiger partial charge in [-0.1, -0.05) is 44.2 Å². The second-order valence-electron chi connectivity index (χ2n) is 8.83. The molecule has 0 radical (unpaired) electrons. The molecule has 5 rings (SSSR count). The lowest BCUT2D eigenvalue weighted by atomic mass is 10.0. The molecule has 1 saturated heterocycles. The molecule has 4 heterocycles. The zero-order valence-electron chi connectivity index (χ0n) is 18.9. The molecule has 9 heteroatoms. The van der Waals surface area contributed by atoms with Crippen LogP contribution in [-0.4, -0.2) is 56.3 Å². The van der Waals surface area contributed by atoms with Gasteiger partial charge in [0.15, 0.2) is 11.5 Å². The Hall–Kier alpha value is -3.04. The van der Waals surface area contributed by atoms with E-state index in [-0.39, 0.29) is 18.1 Å². The maximum absolute atomic E-state index is 13.5. The van der Waals surface area contributed by atoms with Gasteiger partial charge in [-0.2, -0.15) is 4.52 Å². The van der Waals surface area contributed by atoms with Crippen LogP contribution in [0.25, 0.3) is 15.9 Å². The van der Waals surface area contributed by atoms with Crippen LogP contribution in [0.1, 0.15) is 30.8 Å². The molecular weight excluding hydrogens is 438 g/mol. The number of carbonyl (C=O) groups excluding carboxylic acids is 1. The van der Waals surface area contributed by atoms with E-state index in [1.807, 2.05) is 30.3 Å². The predicted molar refractivity (Wildman–Crippen MR) is 128 cm³/mol. The minimum atomic E-state index is -0.330. The highest BCUT2D eigenvalue weighted by atomic mass is 32.1. The number of fused-ring (bicyclic) bond motifs is 3. The normalized spacial score (nSPS) is 14.6. The quantitative estimate of drug-likeness (QED) is 0.437. The van der Waals surface area contributed by atoms with Gasteiger partial charge in [0.05, 0.1) is 18.6 Å². The van der Waals surface area contributed by atoms with E-state index in [0.717, 1.165) is 27.8 Å². The van der Waals surface area contributed by atoms with Crippen molar-refractivity contribution in [1.29, 1.82) is 0 Å². The Morgan fingerprint density at radius 1 is 1.18 bits per heavy atom. The van der Waals surface area contributed by atoms with E-state index in [9.17, 15) is 9.59 Å². The minimum Gasteiger partial charge on any atom is -0.378 e. The fourth-order valence-electron chi connectivity index (χ4n) is 4.30.